The summed E-state index contributed by atoms with van der Waals surface area (Å²) in [7, 11) is 0. The second-order valence-corrected chi connectivity index (χ2v) is 5.75. The first-order chi connectivity index (χ1) is 9.15. The highest BCUT2D eigenvalue weighted by atomic mass is 35.5. The quantitative estimate of drug-likeness (QED) is 0.638. The van der Waals surface area contributed by atoms with Crippen molar-refractivity contribution in [1.82, 2.24) is 0 Å². The van der Waals surface area contributed by atoms with Gasteiger partial charge in [-0.25, -0.2) is 0 Å². The summed E-state index contributed by atoms with van der Waals surface area (Å²) in [6.07, 6.45) is 11.0. The topological polar surface area (TPSA) is 38.7 Å². The van der Waals surface area contributed by atoms with Crippen molar-refractivity contribution in [1.29, 1.82) is 0 Å². The molecule has 0 saturated carbocycles. The van der Waals surface area contributed by atoms with E-state index in [4.69, 9.17) is 27.5 Å². The van der Waals surface area contributed by atoms with Crippen LogP contribution in [0, 0.1) is 12.3 Å². The van der Waals surface area contributed by atoms with Crippen molar-refractivity contribution in [2.24, 2.45) is 0 Å². The van der Waals surface area contributed by atoms with Crippen LogP contribution in [0.25, 0.3) is 0 Å². The van der Waals surface area contributed by atoms with Crippen LogP contribution in [-0.4, -0.2) is 41.0 Å². The fourth-order valence-corrected chi connectivity index (χ4v) is 3.16. The summed E-state index contributed by atoms with van der Waals surface area (Å²) in [6, 6.07) is 0. The van der Waals surface area contributed by atoms with Gasteiger partial charge in [-0.3, -0.25) is 0 Å². The van der Waals surface area contributed by atoms with Crippen molar-refractivity contribution in [3.05, 3.63) is 12.2 Å². The van der Waals surface area contributed by atoms with Gasteiger partial charge in [0.15, 0.2) is 0 Å². The Kier molecular flexibility index (Phi) is 5.29. The second kappa shape index (κ2) is 6.76. The Balaban J connectivity index is 1.95. The maximum absolute atomic E-state index is 10.00. The van der Waals surface area contributed by atoms with E-state index in [9.17, 15) is 5.11 Å². The molecule has 0 aliphatic carbocycles. The van der Waals surface area contributed by atoms with Crippen LogP contribution >= 0.6 is 11.6 Å². The van der Waals surface area contributed by atoms with E-state index in [0.717, 1.165) is 12.8 Å². The second-order valence-electron chi connectivity index (χ2n) is 5.19. The van der Waals surface area contributed by atoms with Crippen LogP contribution < -0.4 is 0 Å². The van der Waals surface area contributed by atoms with Gasteiger partial charge in [-0.05, 0) is 25.3 Å². The van der Waals surface area contributed by atoms with Crippen LogP contribution in [0.15, 0.2) is 12.2 Å². The van der Waals surface area contributed by atoms with Crippen LogP contribution in [0.4, 0.5) is 0 Å². The van der Waals surface area contributed by atoms with Crippen LogP contribution in [-0.2, 0) is 9.47 Å². The van der Waals surface area contributed by atoms with Crippen molar-refractivity contribution in [2.75, 3.05) is 0 Å². The van der Waals surface area contributed by atoms with E-state index in [2.05, 4.69) is 5.92 Å². The summed E-state index contributed by atoms with van der Waals surface area (Å²) < 4.78 is 11.9. The third kappa shape index (κ3) is 3.52. The molecule has 106 valence electrons. The van der Waals surface area contributed by atoms with Gasteiger partial charge in [0.05, 0.1) is 35.9 Å². The summed E-state index contributed by atoms with van der Waals surface area (Å²) in [5.41, 5.74) is 0. The summed E-state index contributed by atoms with van der Waals surface area (Å²) in [5.74, 6) is 2.46. The molecule has 0 spiro atoms. The molecule has 0 bridgehead atoms. The minimum absolute atomic E-state index is 0.00344. The number of aliphatic hydroxyl groups is 1. The lowest BCUT2D eigenvalue weighted by molar-refractivity contribution is -0.217. The minimum Gasteiger partial charge on any atom is -0.390 e. The molecule has 0 aromatic carbocycles. The molecule has 2 saturated heterocycles. The van der Waals surface area contributed by atoms with Crippen LogP contribution in [0.5, 0.6) is 0 Å². The van der Waals surface area contributed by atoms with Gasteiger partial charge in [0.2, 0.25) is 0 Å². The van der Waals surface area contributed by atoms with Gasteiger partial charge in [0.25, 0.3) is 0 Å². The molecule has 2 aliphatic heterocycles. The number of aliphatic hydroxyl groups excluding tert-OH is 1. The number of rotatable bonds is 3. The molecule has 19 heavy (non-hydrogen) atoms. The lowest BCUT2D eigenvalue weighted by atomic mass is 9.90. The van der Waals surface area contributed by atoms with E-state index in [1.165, 1.54) is 0 Å². The van der Waals surface area contributed by atoms with E-state index in [1.807, 2.05) is 13.0 Å². The molecule has 2 aliphatic rings. The van der Waals surface area contributed by atoms with Gasteiger partial charge in [0, 0.05) is 6.42 Å². The third-order valence-corrected chi connectivity index (χ3v) is 4.32. The first-order valence-electron chi connectivity index (χ1n) is 6.89. The summed E-state index contributed by atoms with van der Waals surface area (Å²) in [6.45, 7) is 2.02. The lowest BCUT2D eigenvalue weighted by Gasteiger charge is -2.45. The fraction of sp³-hybridized carbons (Fsp3) is 0.733. The predicted molar refractivity (Wildman–Crippen MR) is 75.1 cm³/mol. The van der Waals surface area contributed by atoms with E-state index in [1.54, 1.807) is 6.08 Å². The van der Waals surface area contributed by atoms with Crippen molar-refractivity contribution >= 4 is 11.6 Å². The molecule has 3 nitrogen and oxygen atoms in total. The fourth-order valence-electron chi connectivity index (χ4n) is 2.82. The molecule has 2 fully saturated rings. The van der Waals surface area contributed by atoms with Gasteiger partial charge < -0.3 is 14.6 Å². The number of hydrogen-bond acceptors (Lipinski definition) is 3. The lowest BCUT2D eigenvalue weighted by Crippen LogP contribution is -2.54. The first kappa shape index (κ1) is 14.9. The minimum atomic E-state index is -0.444. The average Bonchev–Trinajstić information content (AvgIpc) is 2.39. The zero-order valence-electron chi connectivity index (χ0n) is 11.2. The van der Waals surface area contributed by atoms with E-state index in [-0.39, 0.29) is 29.8 Å². The zero-order valence-corrected chi connectivity index (χ0v) is 11.9. The van der Waals surface area contributed by atoms with Crippen molar-refractivity contribution in [3.8, 4) is 12.3 Å². The molecule has 4 heteroatoms. The molecule has 2 rings (SSSR count). The standard InChI is InChI=1S/C15H21ClO3/c1-3-5-6-7-13-10(16)8-14-15(19-13)9-11(17)12(4-2)18-14/h1,5-6,10-15,17H,4,7-9H2,2H3. The molecular weight excluding hydrogens is 264 g/mol. The normalized spacial score (nSPS) is 42.8. The monoisotopic (exact) mass is 284 g/mol. The maximum atomic E-state index is 10.00. The van der Waals surface area contributed by atoms with E-state index in [0.29, 0.717) is 12.8 Å². The Morgan fingerprint density at radius 1 is 1.32 bits per heavy atom. The van der Waals surface area contributed by atoms with Crippen molar-refractivity contribution in [3.63, 3.8) is 0 Å². The molecule has 0 aromatic heterocycles. The number of fused-ring (bicyclic) bond motifs is 1. The molecule has 0 amide bonds. The van der Waals surface area contributed by atoms with Crippen LogP contribution in [0.3, 0.4) is 0 Å². The smallest absolute Gasteiger partial charge is 0.0867 e. The van der Waals surface area contributed by atoms with Gasteiger partial charge in [0.1, 0.15) is 0 Å². The third-order valence-electron chi connectivity index (χ3n) is 3.86. The maximum Gasteiger partial charge on any atom is 0.0867 e. The largest absolute Gasteiger partial charge is 0.390 e. The summed E-state index contributed by atoms with van der Waals surface area (Å²) in [4.78, 5) is 0. The van der Waals surface area contributed by atoms with Crippen molar-refractivity contribution in [2.45, 2.75) is 68.5 Å². The van der Waals surface area contributed by atoms with Gasteiger partial charge >= 0.3 is 0 Å². The highest BCUT2D eigenvalue weighted by Gasteiger charge is 2.43. The molecule has 2 heterocycles. The highest BCUT2D eigenvalue weighted by molar-refractivity contribution is 6.21. The predicted octanol–water partition coefficient (Wildman–Crippen LogP) is 2.26. The Morgan fingerprint density at radius 3 is 2.68 bits per heavy atom. The van der Waals surface area contributed by atoms with E-state index >= 15 is 0 Å². The molecule has 1 N–H and O–H groups in total. The number of hydrogen-bond donors (Lipinski definition) is 1. The number of allylic oxidation sites excluding steroid dienone is 1. The Morgan fingerprint density at radius 2 is 2.00 bits per heavy atom. The number of alkyl halides is 1. The Hall–Kier alpha value is -0.530. The van der Waals surface area contributed by atoms with Crippen LogP contribution in [0.2, 0.25) is 0 Å². The SMILES string of the molecule is C#CC=CCC1OC2CC(O)C(CC)OC2CC1Cl. The van der Waals surface area contributed by atoms with Crippen molar-refractivity contribution < 1.29 is 14.6 Å². The number of terminal acetylenes is 1. The Labute approximate surface area is 119 Å². The average molecular weight is 285 g/mol. The highest BCUT2D eigenvalue weighted by Crippen LogP contribution is 2.35. The Bertz CT molecular complexity index is 363. The molecule has 0 aromatic rings. The zero-order chi connectivity index (χ0) is 13.8. The van der Waals surface area contributed by atoms with Gasteiger partial charge in [-0.15, -0.1) is 18.0 Å². The molecule has 0 radical (unpaired) electrons. The van der Waals surface area contributed by atoms with Gasteiger partial charge in [-0.1, -0.05) is 18.9 Å². The van der Waals surface area contributed by atoms with Crippen LogP contribution in [0.1, 0.15) is 32.6 Å². The molecule has 6 atom stereocenters. The first-order valence-corrected chi connectivity index (χ1v) is 7.33. The number of halogens is 1. The van der Waals surface area contributed by atoms with Gasteiger partial charge in [-0.2, -0.15) is 0 Å². The summed E-state index contributed by atoms with van der Waals surface area (Å²) >= 11 is 6.36. The summed E-state index contributed by atoms with van der Waals surface area (Å²) in [5, 5.41) is 9.92. The molecule has 6 unspecified atom stereocenters. The van der Waals surface area contributed by atoms with E-state index < -0.39 is 6.10 Å². The molecular formula is C15H21ClO3. The number of ether oxygens (including phenoxy) is 2.